The van der Waals surface area contributed by atoms with Crippen LogP contribution >= 0.6 is 11.8 Å². The lowest BCUT2D eigenvalue weighted by Gasteiger charge is -2.00. The topological polar surface area (TPSA) is 31.0 Å². The number of hydrogen-bond acceptors (Lipinski definition) is 1. The Labute approximate surface area is 107 Å². The van der Waals surface area contributed by atoms with Crippen LogP contribution in [0.5, 0.6) is 0 Å². The van der Waals surface area contributed by atoms with Crippen LogP contribution in [0.3, 0.4) is 0 Å². The van der Waals surface area contributed by atoms with E-state index in [0.29, 0.717) is 0 Å². The molecule has 0 amide bonds. The average Bonchev–Trinajstić information content (AvgIpc) is 2.04. The van der Waals surface area contributed by atoms with E-state index in [2.05, 4.69) is 9.98 Å². The van der Waals surface area contributed by atoms with Gasteiger partial charge in [-0.1, -0.05) is 11.8 Å². The molecule has 0 atom stereocenters. The van der Waals surface area contributed by atoms with Gasteiger partial charge < -0.3 is 28.9 Å². The molecule has 0 fully saturated rings. The van der Waals surface area contributed by atoms with E-state index in [1.54, 1.807) is 12.7 Å². The first kappa shape index (κ1) is 16.3. The number of thioether (sulfide) groups is 1. The van der Waals surface area contributed by atoms with E-state index in [0.717, 1.165) is 5.17 Å². The Morgan fingerprint density at radius 1 is 1.36 bits per heavy atom. The second-order valence-corrected chi connectivity index (χ2v) is 3.68. The number of nitrogens with zero attached hydrogens (tertiary/aromatic N) is 4. The molecule has 82 valence electrons. The molecule has 4 nitrogen and oxygen atoms in total. The zero-order chi connectivity index (χ0) is 10.3. The van der Waals surface area contributed by atoms with Crippen molar-refractivity contribution in [2.75, 3.05) is 34.4 Å². The Bertz CT molecular complexity index is 231. The van der Waals surface area contributed by atoms with Gasteiger partial charge in [0.05, 0.1) is 20.4 Å². The Morgan fingerprint density at radius 3 is 2.29 bits per heavy atom. The van der Waals surface area contributed by atoms with Crippen LogP contribution in [0.25, 0.3) is 0 Å². The summed E-state index contributed by atoms with van der Waals surface area (Å²) in [5, 5.41) is 0.752. The highest BCUT2D eigenvalue weighted by atomic mass is 127. The summed E-state index contributed by atoms with van der Waals surface area (Å²) in [5.74, 6) is 0. The molecule has 0 saturated heterocycles. The van der Waals surface area contributed by atoms with E-state index >= 15 is 0 Å². The van der Waals surface area contributed by atoms with E-state index in [9.17, 15) is 0 Å². The molecular weight excluding hydrogens is 311 g/mol. The van der Waals surface area contributed by atoms with Crippen molar-refractivity contribution in [2.45, 2.75) is 0 Å². The molecule has 0 saturated carbocycles. The molecular formula is C8H17IN4S. The van der Waals surface area contributed by atoms with Crippen molar-refractivity contribution < 1.29 is 28.6 Å². The third-order valence-corrected chi connectivity index (χ3v) is 1.56. The van der Waals surface area contributed by atoms with Gasteiger partial charge in [0, 0.05) is 14.1 Å². The second-order valence-electron chi connectivity index (χ2n) is 2.90. The highest BCUT2D eigenvalue weighted by Gasteiger charge is 1.97. The monoisotopic (exact) mass is 328 g/mol. The van der Waals surface area contributed by atoms with Gasteiger partial charge in [-0.15, -0.1) is 0 Å². The summed E-state index contributed by atoms with van der Waals surface area (Å²) in [6.45, 7) is 0. The van der Waals surface area contributed by atoms with Gasteiger partial charge in [-0.05, 0) is 11.2 Å². The normalized spacial score (nSPS) is 11.1. The van der Waals surface area contributed by atoms with Gasteiger partial charge >= 0.3 is 5.17 Å². The largest absolute Gasteiger partial charge is 1.00 e. The van der Waals surface area contributed by atoms with E-state index in [1.807, 2.05) is 43.9 Å². The van der Waals surface area contributed by atoms with Gasteiger partial charge in [-0.3, -0.25) is 4.58 Å². The molecule has 0 unspecified atom stereocenters. The average molecular weight is 328 g/mol. The van der Waals surface area contributed by atoms with Gasteiger partial charge in [-0.2, -0.15) is 4.99 Å². The molecule has 0 aromatic carbocycles. The zero-order valence-corrected chi connectivity index (χ0v) is 12.2. The van der Waals surface area contributed by atoms with Crippen molar-refractivity contribution in [1.82, 2.24) is 4.90 Å². The molecule has 0 N–H and O–H groups in total. The molecule has 6 heteroatoms. The Balaban J connectivity index is 0. The third kappa shape index (κ3) is 9.97. The van der Waals surface area contributed by atoms with E-state index < -0.39 is 0 Å². The minimum absolute atomic E-state index is 0. The van der Waals surface area contributed by atoms with Crippen molar-refractivity contribution >= 4 is 29.6 Å². The van der Waals surface area contributed by atoms with Crippen LogP contribution < -0.4 is 24.0 Å². The lowest BCUT2D eigenvalue weighted by molar-refractivity contribution is -0.460. The maximum absolute atomic E-state index is 4.17. The third-order valence-electron chi connectivity index (χ3n) is 0.981. The number of amidine groups is 1. The molecule has 0 bridgehead atoms. The summed E-state index contributed by atoms with van der Waals surface area (Å²) in [7, 11) is 7.71. The highest BCUT2D eigenvalue weighted by molar-refractivity contribution is 8.13. The predicted octanol–water partition coefficient (Wildman–Crippen LogP) is -2.40. The molecule has 0 aliphatic heterocycles. The van der Waals surface area contributed by atoms with Crippen LogP contribution in [-0.2, 0) is 0 Å². The molecule has 0 aliphatic carbocycles. The quantitative estimate of drug-likeness (QED) is 0.245. The van der Waals surface area contributed by atoms with Gasteiger partial charge in [0.15, 0.2) is 0 Å². The highest BCUT2D eigenvalue weighted by Crippen LogP contribution is 1.97. The smallest absolute Gasteiger partial charge is 0.302 e. The van der Waals surface area contributed by atoms with Crippen LogP contribution in [0.4, 0.5) is 0 Å². The molecule has 0 heterocycles. The van der Waals surface area contributed by atoms with Crippen LogP contribution in [0, 0.1) is 0 Å². The lowest BCUT2D eigenvalue weighted by atomic mass is 10.9. The minimum Gasteiger partial charge on any atom is -1.00 e. The van der Waals surface area contributed by atoms with Crippen LogP contribution in [0.2, 0.25) is 0 Å². The summed E-state index contributed by atoms with van der Waals surface area (Å²) in [6, 6.07) is 0. The summed E-state index contributed by atoms with van der Waals surface area (Å²) >= 11 is 1.52. The number of aliphatic imine (C=N–C) groups is 2. The summed E-state index contributed by atoms with van der Waals surface area (Å²) < 4.78 is 1.88. The predicted molar refractivity (Wildman–Crippen MR) is 61.3 cm³/mol. The molecule has 0 rings (SSSR count). The molecule has 0 aromatic heterocycles. The summed E-state index contributed by atoms with van der Waals surface area (Å²) in [5.41, 5.74) is 0. The van der Waals surface area contributed by atoms with Crippen LogP contribution in [0.1, 0.15) is 0 Å². The molecule has 0 aromatic rings. The fourth-order valence-corrected chi connectivity index (χ4v) is 0.774. The summed E-state index contributed by atoms with van der Waals surface area (Å²) in [6.07, 6.45) is 5.42. The van der Waals surface area contributed by atoms with Gasteiger partial charge in [-0.25, -0.2) is 0 Å². The second kappa shape index (κ2) is 9.45. The lowest BCUT2D eigenvalue weighted by Crippen LogP contribution is -3.00. The number of rotatable bonds is 2. The first-order valence-electron chi connectivity index (χ1n) is 3.88. The Hall–Kier alpha value is -0.110. The van der Waals surface area contributed by atoms with E-state index in [1.165, 1.54) is 11.8 Å². The molecule has 0 aliphatic rings. The zero-order valence-electron chi connectivity index (χ0n) is 9.23. The molecule has 0 spiro atoms. The molecule has 14 heavy (non-hydrogen) atoms. The number of halogens is 1. The maximum Gasteiger partial charge on any atom is 0.302 e. The van der Waals surface area contributed by atoms with Gasteiger partial charge in [0.2, 0.25) is 0 Å². The van der Waals surface area contributed by atoms with Gasteiger partial charge in [0.25, 0.3) is 6.34 Å². The van der Waals surface area contributed by atoms with Crippen molar-refractivity contribution in [3.63, 3.8) is 0 Å². The summed E-state index contributed by atoms with van der Waals surface area (Å²) in [4.78, 5) is 10.2. The van der Waals surface area contributed by atoms with Crippen LogP contribution in [-0.4, -0.2) is 61.8 Å². The van der Waals surface area contributed by atoms with E-state index in [4.69, 9.17) is 0 Å². The maximum atomic E-state index is 4.17. The van der Waals surface area contributed by atoms with Crippen molar-refractivity contribution in [2.24, 2.45) is 9.98 Å². The van der Waals surface area contributed by atoms with Crippen molar-refractivity contribution in [1.29, 1.82) is 0 Å². The fourth-order valence-electron chi connectivity index (χ4n) is 0.468. The fraction of sp³-hybridized carbons (Fsp3) is 0.625. The standard InChI is InChI=1S/C8H17N4S.HI/c1-11(2)6-9-8(13-5)10-7-12(3)4;/h6-7H,1-5H3;1H/q+1;/p-1. The van der Waals surface area contributed by atoms with Crippen molar-refractivity contribution in [3.05, 3.63) is 0 Å². The van der Waals surface area contributed by atoms with Crippen molar-refractivity contribution in [3.8, 4) is 0 Å². The Morgan fingerprint density at radius 2 is 1.93 bits per heavy atom. The van der Waals surface area contributed by atoms with Crippen LogP contribution in [0.15, 0.2) is 9.98 Å². The van der Waals surface area contributed by atoms with Gasteiger partial charge in [0.1, 0.15) is 0 Å². The number of hydrogen-bond donors (Lipinski definition) is 0. The minimum atomic E-state index is 0. The Kier molecular flexibility index (Phi) is 11.0. The molecule has 0 radical (unpaired) electrons. The SMILES string of the molecule is CSC(=NC=[N+](C)C)/N=C/N(C)C.[I-]. The first-order chi connectivity index (χ1) is 6.06. The first-order valence-corrected chi connectivity index (χ1v) is 5.11. The van der Waals surface area contributed by atoms with E-state index in [-0.39, 0.29) is 24.0 Å².